The van der Waals surface area contributed by atoms with Crippen molar-refractivity contribution in [3.05, 3.63) is 58.1 Å². The van der Waals surface area contributed by atoms with Crippen molar-refractivity contribution in [2.24, 2.45) is 0 Å². The van der Waals surface area contributed by atoms with Crippen LogP contribution in [-0.4, -0.2) is 19.9 Å². The zero-order chi connectivity index (χ0) is 22.7. The second-order valence-electron chi connectivity index (χ2n) is 8.90. The van der Waals surface area contributed by atoms with Gasteiger partial charge in [-0.15, -0.1) is 0 Å². The summed E-state index contributed by atoms with van der Waals surface area (Å²) in [7, 11) is -4.16. The smallest absolute Gasteiger partial charge is 0.324 e. The van der Waals surface area contributed by atoms with Gasteiger partial charge in [-0.25, -0.2) is 8.42 Å². The zero-order valence-electron chi connectivity index (χ0n) is 17.3. The Hall–Kier alpha value is -2.39. The molecule has 2 aromatic carbocycles. The summed E-state index contributed by atoms with van der Waals surface area (Å²) in [5, 5.41) is 3.03. The largest absolute Gasteiger partial charge is 0.416 e. The molecule has 1 fully saturated rings. The summed E-state index contributed by atoms with van der Waals surface area (Å²) in [6.45, 7) is 0. The van der Waals surface area contributed by atoms with E-state index in [4.69, 9.17) is 0 Å². The highest BCUT2D eigenvalue weighted by Crippen LogP contribution is 2.42. The Morgan fingerprint density at radius 2 is 1.47 bits per heavy atom. The third kappa shape index (κ3) is 3.71. The number of amides is 1. The van der Waals surface area contributed by atoms with Crippen LogP contribution in [0.1, 0.15) is 53.5 Å². The van der Waals surface area contributed by atoms with E-state index in [1.807, 2.05) is 0 Å². The fourth-order valence-electron chi connectivity index (χ4n) is 4.84. The number of nitrogens with one attached hydrogen (secondary N) is 2. The van der Waals surface area contributed by atoms with Gasteiger partial charge in [0.25, 0.3) is 0 Å². The third-order valence-electron chi connectivity index (χ3n) is 6.72. The van der Waals surface area contributed by atoms with Gasteiger partial charge in [0.2, 0.25) is 15.9 Å². The third-order valence-corrected chi connectivity index (χ3v) is 8.27. The molecule has 1 amide bonds. The van der Waals surface area contributed by atoms with Crippen molar-refractivity contribution in [3.63, 3.8) is 0 Å². The lowest BCUT2D eigenvalue weighted by atomic mass is 9.98. The molecule has 0 heterocycles. The number of benzene rings is 2. The van der Waals surface area contributed by atoms with Crippen LogP contribution in [0.25, 0.3) is 0 Å². The molecule has 0 spiro atoms. The maximum atomic E-state index is 13.2. The van der Waals surface area contributed by atoms with Crippen LogP contribution in [0.2, 0.25) is 0 Å². The van der Waals surface area contributed by atoms with Crippen molar-refractivity contribution < 1.29 is 26.4 Å². The van der Waals surface area contributed by atoms with E-state index in [-0.39, 0.29) is 4.90 Å². The quantitative estimate of drug-likeness (QED) is 0.699. The highest BCUT2D eigenvalue weighted by Gasteiger charge is 2.53. The number of fused-ring (bicyclic) bond motifs is 2. The fourth-order valence-corrected chi connectivity index (χ4v) is 6.26. The molecule has 5 rings (SSSR count). The van der Waals surface area contributed by atoms with Crippen molar-refractivity contribution in [3.8, 4) is 0 Å². The van der Waals surface area contributed by atoms with E-state index < -0.39 is 33.2 Å². The van der Waals surface area contributed by atoms with Crippen LogP contribution in [0.5, 0.6) is 0 Å². The van der Waals surface area contributed by atoms with E-state index in [0.29, 0.717) is 12.8 Å². The Bertz CT molecular complexity index is 1170. The van der Waals surface area contributed by atoms with Crippen molar-refractivity contribution in [2.75, 3.05) is 5.32 Å². The van der Waals surface area contributed by atoms with Gasteiger partial charge < -0.3 is 5.32 Å². The molecule has 9 heteroatoms. The number of halogens is 3. The van der Waals surface area contributed by atoms with Gasteiger partial charge in [-0.3, -0.25) is 4.79 Å². The van der Waals surface area contributed by atoms with Crippen LogP contribution in [0, 0.1) is 0 Å². The van der Waals surface area contributed by atoms with E-state index in [1.165, 1.54) is 11.1 Å². The Morgan fingerprint density at radius 1 is 0.906 bits per heavy atom. The summed E-state index contributed by atoms with van der Waals surface area (Å²) in [5.41, 5.74) is 3.47. The van der Waals surface area contributed by atoms with Crippen LogP contribution < -0.4 is 10.0 Å². The maximum Gasteiger partial charge on any atom is 0.416 e. The number of alkyl halides is 3. The number of anilines is 1. The average molecular weight is 465 g/mol. The van der Waals surface area contributed by atoms with Crippen LogP contribution in [0.15, 0.2) is 35.2 Å². The van der Waals surface area contributed by atoms with Crippen LogP contribution >= 0.6 is 0 Å². The first-order valence-corrected chi connectivity index (χ1v) is 12.3. The lowest BCUT2D eigenvalue weighted by Crippen LogP contribution is -2.46. The minimum absolute atomic E-state index is 0.300. The predicted octanol–water partition coefficient (Wildman–Crippen LogP) is 4.13. The number of carbonyl (C=O) groups is 1. The van der Waals surface area contributed by atoms with Gasteiger partial charge >= 0.3 is 6.18 Å². The molecular weight excluding hydrogens is 441 g/mol. The molecule has 1 saturated carbocycles. The molecule has 0 unspecified atom stereocenters. The molecular formula is C23H23F3N2O3S. The molecule has 32 heavy (non-hydrogen) atoms. The average Bonchev–Trinajstić information content (AvgIpc) is 3.13. The molecule has 2 aromatic rings. The van der Waals surface area contributed by atoms with Gasteiger partial charge in [0, 0.05) is 5.69 Å². The fraction of sp³-hybridized carbons (Fsp3) is 0.435. The Morgan fingerprint density at radius 3 is 1.97 bits per heavy atom. The highest BCUT2D eigenvalue weighted by molar-refractivity contribution is 7.89. The zero-order valence-corrected chi connectivity index (χ0v) is 18.1. The first-order valence-electron chi connectivity index (χ1n) is 10.8. The van der Waals surface area contributed by atoms with Gasteiger partial charge in [-0.1, -0.05) is 6.07 Å². The summed E-state index contributed by atoms with van der Waals surface area (Å²) < 4.78 is 66.4. The Balaban J connectivity index is 1.38. The van der Waals surface area contributed by atoms with Crippen molar-refractivity contribution in [1.82, 2.24) is 4.72 Å². The molecule has 0 aromatic heterocycles. The highest BCUT2D eigenvalue weighted by atomic mass is 32.2. The van der Waals surface area contributed by atoms with Gasteiger partial charge in [-0.05, 0) is 97.9 Å². The molecule has 0 radical (unpaired) electrons. The van der Waals surface area contributed by atoms with Crippen LogP contribution in [0.3, 0.4) is 0 Å². The molecule has 0 atom stereocenters. The monoisotopic (exact) mass is 464 g/mol. The SMILES string of the molecule is O=C(Nc1c2c(cc3c1CCC3)CCC2)C1(NS(=O)(=O)c2ccc(C(F)(F)F)cc2)CC1. The minimum Gasteiger partial charge on any atom is -0.324 e. The number of aryl methyl sites for hydroxylation is 2. The van der Waals surface area contributed by atoms with E-state index in [1.54, 1.807) is 0 Å². The lowest BCUT2D eigenvalue weighted by molar-refractivity contribution is -0.137. The second-order valence-corrected chi connectivity index (χ2v) is 10.6. The molecule has 0 aliphatic heterocycles. The predicted molar refractivity (Wildman–Crippen MR) is 113 cm³/mol. The van der Waals surface area contributed by atoms with E-state index in [2.05, 4.69) is 16.1 Å². The van der Waals surface area contributed by atoms with E-state index in [0.717, 1.165) is 79.6 Å². The van der Waals surface area contributed by atoms with E-state index in [9.17, 15) is 26.4 Å². The van der Waals surface area contributed by atoms with Crippen molar-refractivity contribution in [1.29, 1.82) is 0 Å². The molecule has 5 nitrogen and oxygen atoms in total. The van der Waals surface area contributed by atoms with Gasteiger partial charge in [0.15, 0.2) is 0 Å². The first kappa shape index (κ1) is 21.5. The molecule has 0 saturated heterocycles. The summed E-state index contributed by atoms with van der Waals surface area (Å²) in [6, 6.07) is 5.53. The number of hydrogen-bond donors (Lipinski definition) is 2. The van der Waals surface area contributed by atoms with Gasteiger partial charge in [-0.2, -0.15) is 17.9 Å². The number of hydrogen-bond acceptors (Lipinski definition) is 3. The first-order chi connectivity index (χ1) is 15.1. The van der Waals surface area contributed by atoms with Crippen molar-refractivity contribution in [2.45, 2.75) is 68.0 Å². The molecule has 2 N–H and O–H groups in total. The summed E-state index contributed by atoms with van der Waals surface area (Å²) in [4.78, 5) is 12.9. The Labute approximate surface area is 184 Å². The lowest BCUT2D eigenvalue weighted by Gasteiger charge is -2.21. The van der Waals surface area contributed by atoms with Crippen LogP contribution in [-0.2, 0) is 46.7 Å². The summed E-state index contributed by atoms with van der Waals surface area (Å²) in [6.07, 6.45) is 1.95. The summed E-state index contributed by atoms with van der Waals surface area (Å²) in [5.74, 6) is -0.401. The molecule has 170 valence electrons. The molecule has 3 aliphatic carbocycles. The normalized spacial score (nSPS) is 18.8. The number of rotatable bonds is 5. The minimum atomic E-state index is -4.55. The Kier molecular flexibility index (Phi) is 4.90. The van der Waals surface area contributed by atoms with Crippen molar-refractivity contribution >= 4 is 21.6 Å². The van der Waals surface area contributed by atoms with E-state index >= 15 is 0 Å². The topological polar surface area (TPSA) is 75.3 Å². The van der Waals surface area contributed by atoms with Crippen LogP contribution in [0.4, 0.5) is 18.9 Å². The molecule has 0 bridgehead atoms. The van der Waals surface area contributed by atoms with Gasteiger partial charge in [0.1, 0.15) is 5.54 Å². The number of sulfonamides is 1. The maximum absolute atomic E-state index is 13.2. The molecule has 3 aliphatic rings. The standard InChI is InChI=1S/C23H23F3N2O3S/c24-23(25,26)16-7-9-17(10-8-16)32(30,31)28-22(11-12-22)21(29)27-20-18-5-1-3-14(18)13-15-4-2-6-19(15)20/h7-10,13,28H,1-6,11-12H2,(H,27,29). The summed E-state index contributed by atoms with van der Waals surface area (Å²) >= 11 is 0. The van der Waals surface area contributed by atoms with Gasteiger partial charge in [0.05, 0.1) is 10.5 Å². The second kappa shape index (κ2) is 7.31. The number of carbonyl (C=O) groups excluding carboxylic acids is 1.